The molecule has 4 saturated heterocycles. The monoisotopic (exact) mass is 907 g/mol. The summed E-state index contributed by atoms with van der Waals surface area (Å²) in [6.07, 6.45) is 9.01. The molecule has 4 aliphatic rings. The first-order valence-electron chi connectivity index (χ1n) is 23.5. The fraction of sp³-hybridized carbons (Fsp3) is 0.431. The predicted molar refractivity (Wildman–Crippen MR) is 255 cm³/mol. The molecule has 4 amide bonds. The van der Waals surface area contributed by atoms with Crippen molar-refractivity contribution < 1.29 is 23.6 Å². The third kappa shape index (κ3) is 9.83. The Kier molecular flexibility index (Phi) is 13.0. The van der Waals surface area contributed by atoms with Crippen molar-refractivity contribution in [3.05, 3.63) is 96.2 Å². The smallest absolute Gasteiger partial charge is 0.249 e. The zero-order chi connectivity index (χ0) is 46.8. The van der Waals surface area contributed by atoms with E-state index in [4.69, 9.17) is 4.98 Å². The summed E-state index contributed by atoms with van der Waals surface area (Å²) < 4.78 is 17.1. The van der Waals surface area contributed by atoms with Crippen LogP contribution in [0.25, 0.3) is 27.8 Å². The molecule has 0 saturated carbocycles. The van der Waals surface area contributed by atoms with Crippen molar-refractivity contribution in [3.8, 4) is 28.3 Å². The summed E-state index contributed by atoms with van der Waals surface area (Å²) in [4.78, 5) is 63.5. The molecule has 3 aromatic heterocycles. The number of carbonyl (C=O) groups is 4. The third-order valence-electron chi connectivity index (χ3n) is 14.1. The minimum Gasteiger partial charge on any atom is -0.374 e. The Bertz CT molecular complexity index is 2690. The summed E-state index contributed by atoms with van der Waals surface area (Å²) in [5.41, 5.74) is 6.73. The Labute approximate surface area is 390 Å². The van der Waals surface area contributed by atoms with Gasteiger partial charge < -0.3 is 25.3 Å². The number of rotatable bonds is 11. The van der Waals surface area contributed by atoms with Gasteiger partial charge in [-0.25, -0.2) is 13.9 Å². The summed E-state index contributed by atoms with van der Waals surface area (Å²) in [6.45, 7) is 11.9. The average Bonchev–Trinajstić information content (AvgIpc) is 3.76. The molecular formula is C51H58FN11O4. The van der Waals surface area contributed by atoms with Crippen LogP contribution < -0.4 is 25.8 Å². The lowest BCUT2D eigenvalue weighted by Crippen LogP contribution is -2.51. The van der Waals surface area contributed by atoms with Crippen LogP contribution >= 0.6 is 0 Å². The number of likely N-dealkylation sites (tertiary alicyclic amines) is 1. The van der Waals surface area contributed by atoms with Gasteiger partial charge in [0.1, 0.15) is 23.7 Å². The third-order valence-corrected chi connectivity index (χ3v) is 14.1. The van der Waals surface area contributed by atoms with Crippen LogP contribution in [0.15, 0.2) is 79.3 Å². The van der Waals surface area contributed by atoms with Crippen molar-refractivity contribution in [1.29, 1.82) is 5.26 Å². The van der Waals surface area contributed by atoms with Gasteiger partial charge in [-0.3, -0.25) is 29.4 Å². The van der Waals surface area contributed by atoms with Gasteiger partial charge in [-0.05, 0) is 119 Å². The van der Waals surface area contributed by atoms with E-state index >= 15 is 4.39 Å². The van der Waals surface area contributed by atoms with E-state index in [-0.39, 0.29) is 41.9 Å². The zero-order valence-corrected chi connectivity index (χ0v) is 38.4. The summed E-state index contributed by atoms with van der Waals surface area (Å²) in [5.74, 6) is 0.122. The topological polar surface area (TPSA) is 171 Å². The fourth-order valence-corrected chi connectivity index (χ4v) is 9.96. The number of piperazine rings is 1. The van der Waals surface area contributed by atoms with Crippen molar-refractivity contribution in [2.24, 2.45) is 5.41 Å². The molecule has 1 atom stereocenters. The first-order valence-corrected chi connectivity index (χ1v) is 23.5. The van der Waals surface area contributed by atoms with Gasteiger partial charge in [-0.2, -0.15) is 10.4 Å². The number of imide groups is 1. The van der Waals surface area contributed by atoms with Crippen LogP contribution in [0, 0.1) is 22.6 Å². The highest BCUT2D eigenvalue weighted by Crippen LogP contribution is 2.36. The van der Waals surface area contributed by atoms with Crippen molar-refractivity contribution >= 4 is 46.3 Å². The van der Waals surface area contributed by atoms with Gasteiger partial charge in [-0.15, -0.1) is 0 Å². The maximum Gasteiger partial charge on any atom is 0.249 e. The van der Waals surface area contributed by atoms with Crippen LogP contribution in [0.1, 0.15) is 76.3 Å². The molecule has 16 heteroatoms. The van der Waals surface area contributed by atoms with E-state index in [1.807, 2.05) is 50.2 Å². The number of piperidine rings is 3. The second-order valence-corrected chi connectivity index (χ2v) is 19.0. The van der Waals surface area contributed by atoms with E-state index in [9.17, 15) is 24.4 Å². The summed E-state index contributed by atoms with van der Waals surface area (Å²) in [7, 11) is 0. The quantitative estimate of drug-likeness (QED) is 0.134. The Morgan fingerprint density at radius 3 is 2.27 bits per heavy atom. The number of hydrogen-bond donors (Lipinski definition) is 3. The van der Waals surface area contributed by atoms with Crippen LogP contribution in [0.4, 0.5) is 21.6 Å². The Balaban J connectivity index is 0.779. The molecule has 3 N–H and O–H groups in total. The molecule has 0 radical (unpaired) electrons. The Morgan fingerprint density at radius 1 is 0.881 bits per heavy atom. The molecule has 4 fully saturated rings. The summed E-state index contributed by atoms with van der Waals surface area (Å²) in [6, 6.07) is 21.4. The molecule has 348 valence electrons. The SMILES string of the molecule is CC(C)NC(=O)C1(C)CCN(c2ccc(-c3cc(-c4ccc(N5CCN(C(=O)CN6CCC(c7ccc(NC8CCC(=O)NC8=O)cc7F)CC6)CC5)cc4)cn4ncc(C#N)c34)cn2)CC1. The van der Waals surface area contributed by atoms with Crippen LogP contribution in [0.2, 0.25) is 0 Å². The van der Waals surface area contributed by atoms with Crippen molar-refractivity contribution in [2.45, 2.75) is 77.3 Å². The van der Waals surface area contributed by atoms with E-state index in [2.05, 4.69) is 72.1 Å². The number of benzene rings is 2. The number of hydrogen-bond acceptors (Lipinski definition) is 11. The van der Waals surface area contributed by atoms with E-state index < -0.39 is 17.4 Å². The molecule has 15 nitrogen and oxygen atoms in total. The maximum absolute atomic E-state index is 15.3. The average molecular weight is 908 g/mol. The normalized spacial score (nSPS) is 19.3. The molecular weight excluding hydrogens is 850 g/mol. The van der Waals surface area contributed by atoms with Gasteiger partial charge in [0.25, 0.3) is 0 Å². The number of nitrogens with one attached hydrogen (secondary N) is 3. The molecule has 5 aromatic rings. The Hall–Kier alpha value is -6.86. The molecule has 7 heterocycles. The first kappa shape index (κ1) is 45.3. The first-order chi connectivity index (χ1) is 32.3. The number of amides is 4. The van der Waals surface area contributed by atoms with Crippen molar-refractivity contribution in [3.63, 3.8) is 0 Å². The Morgan fingerprint density at radius 2 is 1.61 bits per heavy atom. The number of pyridine rings is 2. The second kappa shape index (κ2) is 19.2. The van der Waals surface area contributed by atoms with E-state index in [1.165, 1.54) is 6.07 Å². The molecule has 0 spiro atoms. The largest absolute Gasteiger partial charge is 0.374 e. The summed E-state index contributed by atoms with van der Waals surface area (Å²) in [5, 5.41) is 23.0. The molecule has 2 aromatic carbocycles. The van der Waals surface area contributed by atoms with Gasteiger partial charge in [0.05, 0.1) is 23.8 Å². The highest BCUT2D eigenvalue weighted by Gasteiger charge is 2.37. The minimum absolute atomic E-state index is 0.0451. The van der Waals surface area contributed by atoms with E-state index in [1.54, 1.807) is 22.8 Å². The highest BCUT2D eigenvalue weighted by molar-refractivity contribution is 6.01. The summed E-state index contributed by atoms with van der Waals surface area (Å²) >= 11 is 0. The number of anilines is 3. The lowest BCUT2D eigenvalue weighted by molar-refractivity contribution is -0.134. The number of aromatic nitrogens is 3. The number of halogens is 1. The van der Waals surface area contributed by atoms with E-state index in [0.717, 1.165) is 78.0 Å². The standard InChI is InChI=1S/C51H58FN11O4/c1-33(2)56-50(67)51(3)16-20-61(21-17-51)45-12-6-36(29-54-45)42-26-37(31-63-48(42)38(28-53)30-55-63)34-4-8-40(9-5-34)60-22-24-62(25-23-60)47(65)32-59-18-14-35(15-19-59)41-10-7-39(27-43(41)52)57-44-11-13-46(64)58-49(44)66/h4-10,12,26-27,29-31,33,35,44,57H,11,13-25,32H2,1-3H3,(H,56,67)(H,58,64,66). The van der Waals surface area contributed by atoms with Crippen molar-refractivity contribution in [2.75, 3.05) is 74.0 Å². The van der Waals surface area contributed by atoms with Gasteiger partial charge in [0.15, 0.2) is 0 Å². The van der Waals surface area contributed by atoms with Gasteiger partial charge in [0, 0.05) is 97.6 Å². The molecule has 1 unspecified atom stereocenters. The van der Waals surface area contributed by atoms with Crippen molar-refractivity contribution in [1.82, 2.24) is 35.0 Å². The van der Waals surface area contributed by atoms with Crippen LogP contribution in [-0.4, -0.2) is 119 Å². The van der Waals surface area contributed by atoms with Crippen LogP contribution in [-0.2, 0) is 19.2 Å². The lowest BCUT2D eigenvalue weighted by atomic mass is 9.79. The predicted octanol–water partition coefficient (Wildman–Crippen LogP) is 5.95. The molecule has 4 aliphatic heterocycles. The van der Waals surface area contributed by atoms with Gasteiger partial charge in [0.2, 0.25) is 23.6 Å². The molecule has 0 aliphatic carbocycles. The molecule has 0 bridgehead atoms. The maximum atomic E-state index is 15.3. The number of carbonyl (C=O) groups excluding carboxylic acids is 4. The molecule has 9 rings (SSSR count). The van der Waals surface area contributed by atoms with Gasteiger partial charge in [-0.1, -0.05) is 25.1 Å². The van der Waals surface area contributed by atoms with E-state index in [0.29, 0.717) is 69.0 Å². The fourth-order valence-electron chi connectivity index (χ4n) is 9.96. The number of nitriles is 1. The minimum atomic E-state index is -0.571. The molecule has 67 heavy (non-hydrogen) atoms. The van der Waals surface area contributed by atoms with Gasteiger partial charge >= 0.3 is 0 Å². The second-order valence-electron chi connectivity index (χ2n) is 19.0. The number of fused-ring (bicyclic) bond motifs is 1. The zero-order valence-electron chi connectivity index (χ0n) is 38.4. The highest BCUT2D eigenvalue weighted by atomic mass is 19.1. The number of nitrogens with zero attached hydrogens (tertiary/aromatic N) is 8. The van der Waals surface area contributed by atoms with Crippen LogP contribution in [0.5, 0.6) is 0 Å². The lowest BCUT2D eigenvalue weighted by Gasteiger charge is -2.39. The van der Waals surface area contributed by atoms with Crippen LogP contribution in [0.3, 0.4) is 0 Å².